The minimum absolute atomic E-state index is 0.251. The summed E-state index contributed by atoms with van der Waals surface area (Å²) in [5.74, 6) is -0.516. The number of ether oxygens (including phenoxy) is 1. The van der Waals surface area contributed by atoms with Crippen LogP contribution in [0.25, 0.3) is 5.57 Å². The summed E-state index contributed by atoms with van der Waals surface area (Å²) in [4.78, 5) is 11.5. The second-order valence-electron chi connectivity index (χ2n) is 3.98. The average Bonchev–Trinajstić information content (AvgIpc) is 2.26. The van der Waals surface area contributed by atoms with Gasteiger partial charge in [0.2, 0.25) is 0 Å². The third-order valence-corrected chi connectivity index (χ3v) is 1.99. The molecule has 0 aliphatic heterocycles. The molecule has 3 heteroatoms. The first-order chi connectivity index (χ1) is 7.50. The lowest BCUT2D eigenvalue weighted by atomic mass is 10.1. The first-order valence-corrected chi connectivity index (χ1v) is 5.12. The number of esters is 1. The SMILES string of the molecule is C=C(C(=O)OCC(C)C)c1ccc(F)cc1. The normalized spacial score (nSPS) is 10.2. The van der Waals surface area contributed by atoms with Gasteiger partial charge in [-0.05, 0) is 23.6 Å². The molecule has 0 atom stereocenters. The molecule has 0 aliphatic carbocycles. The van der Waals surface area contributed by atoms with Gasteiger partial charge in [0, 0.05) is 0 Å². The van der Waals surface area contributed by atoms with Crippen LogP contribution in [-0.4, -0.2) is 12.6 Å². The molecule has 0 aliphatic rings. The highest BCUT2D eigenvalue weighted by Crippen LogP contribution is 2.14. The molecule has 0 fully saturated rings. The summed E-state index contributed by atoms with van der Waals surface area (Å²) >= 11 is 0. The minimum Gasteiger partial charge on any atom is -0.462 e. The molecular formula is C13H15FO2. The van der Waals surface area contributed by atoms with Crippen molar-refractivity contribution >= 4 is 11.5 Å². The van der Waals surface area contributed by atoms with Crippen molar-refractivity contribution in [3.63, 3.8) is 0 Å². The predicted octanol–water partition coefficient (Wildman–Crippen LogP) is 3.04. The molecule has 0 heterocycles. The van der Waals surface area contributed by atoms with Crippen molar-refractivity contribution in [2.45, 2.75) is 13.8 Å². The van der Waals surface area contributed by atoms with E-state index in [9.17, 15) is 9.18 Å². The van der Waals surface area contributed by atoms with E-state index in [0.717, 1.165) is 0 Å². The fraction of sp³-hybridized carbons (Fsp3) is 0.308. The Bertz CT molecular complexity index is 379. The summed E-state index contributed by atoms with van der Waals surface area (Å²) < 4.78 is 17.7. The van der Waals surface area contributed by atoms with Gasteiger partial charge in [0.05, 0.1) is 12.2 Å². The molecule has 16 heavy (non-hydrogen) atoms. The van der Waals surface area contributed by atoms with Crippen molar-refractivity contribution < 1.29 is 13.9 Å². The van der Waals surface area contributed by atoms with E-state index >= 15 is 0 Å². The van der Waals surface area contributed by atoms with Crippen molar-refractivity contribution in [2.24, 2.45) is 5.92 Å². The maximum Gasteiger partial charge on any atom is 0.338 e. The molecule has 0 saturated heterocycles. The largest absolute Gasteiger partial charge is 0.462 e. The predicted molar refractivity (Wildman–Crippen MR) is 61.2 cm³/mol. The van der Waals surface area contributed by atoms with Crippen molar-refractivity contribution in [1.82, 2.24) is 0 Å². The van der Waals surface area contributed by atoms with Gasteiger partial charge >= 0.3 is 5.97 Å². The molecule has 0 amide bonds. The van der Waals surface area contributed by atoms with E-state index in [0.29, 0.717) is 12.2 Å². The fourth-order valence-corrected chi connectivity index (χ4v) is 1.10. The monoisotopic (exact) mass is 222 g/mol. The molecule has 0 spiro atoms. The Labute approximate surface area is 94.7 Å². The average molecular weight is 222 g/mol. The van der Waals surface area contributed by atoms with Gasteiger partial charge in [0.15, 0.2) is 0 Å². The molecule has 0 unspecified atom stereocenters. The quantitative estimate of drug-likeness (QED) is 0.578. The number of hydrogen-bond donors (Lipinski definition) is 0. The number of carbonyl (C=O) groups is 1. The van der Waals surface area contributed by atoms with Gasteiger partial charge in [-0.1, -0.05) is 32.6 Å². The van der Waals surface area contributed by atoms with E-state index in [-0.39, 0.29) is 17.3 Å². The maximum absolute atomic E-state index is 12.7. The Morgan fingerprint density at radius 3 is 2.44 bits per heavy atom. The Hall–Kier alpha value is -1.64. The van der Waals surface area contributed by atoms with Crippen molar-refractivity contribution in [1.29, 1.82) is 0 Å². The third-order valence-electron chi connectivity index (χ3n) is 1.99. The summed E-state index contributed by atoms with van der Waals surface area (Å²) in [6.07, 6.45) is 0. The molecule has 0 N–H and O–H groups in total. The highest BCUT2D eigenvalue weighted by Gasteiger charge is 2.11. The van der Waals surface area contributed by atoms with Crippen LogP contribution in [0.4, 0.5) is 4.39 Å². The van der Waals surface area contributed by atoms with E-state index < -0.39 is 5.97 Å². The van der Waals surface area contributed by atoms with Crippen LogP contribution in [-0.2, 0) is 9.53 Å². The van der Waals surface area contributed by atoms with E-state index in [2.05, 4.69) is 6.58 Å². The Kier molecular flexibility index (Phi) is 4.23. The number of carbonyl (C=O) groups excluding carboxylic acids is 1. The summed E-state index contributed by atoms with van der Waals surface area (Å²) in [7, 11) is 0. The number of hydrogen-bond acceptors (Lipinski definition) is 2. The van der Waals surface area contributed by atoms with Crippen LogP contribution >= 0.6 is 0 Å². The zero-order valence-corrected chi connectivity index (χ0v) is 9.50. The van der Waals surface area contributed by atoms with Gasteiger partial charge in [0.25, 0.3) is 0 Å². The number of rotatable bonds is 4. The lowest BCUT2D eigenvalue weighted by molar-refractivity contribution is -0.137. The summed E-state index contributed by atoms with van der Waals surface area (Å²) in [6, 6.07) is 5.59. The number of halogens is 1. The van der Waals surface area contributed by atoms with Gasteiger partial charge in [-0.2, -0.15) is 0 Å². The minimum atomic E-state index is -0.458. The molecule has 86 valence electrons. The van der Waals surface area contributed by atoms with Gasteiger partial charge in [-0.25, -0.2) is 9.18 Å². The van der Waals surface area contributed by atoms with Gasteiger partial charge in [0.1, 0.15) is 5.82 Å². The topological polar surface area (TPSA) is 26.3 Å². The van der Waals surface area contributed by atoms with Crippen molar-refractivity contribution in [3.8, 4) is 0 Å². The molecule has 0 saturated carbocycles. The first-order valence-electron chi connectivity index (χ1n) is 5.12. The summed E-state index contributed by atoms with van der Waals surface area (Å²) in [5.41, 5.74) is 0.829. The van der Waals surface area contributed by atoms with Gasteiger partial charge in [-0.15, -0.1) is 0 Å². The zero-order valence-electron chi connectivity index (χ0n) is 9.50. The van der Waals surface area contributed by atoms with Gasteiger partial charge in [-0.3, -0.25) is 0 Å². The Morgan fingerprint density at radius 1 is 1.38 bits per heavy atom. The van der Waals surface area contributed by atoms with Crippen molar-refractivity contribution in [3.05, 3.63) is 42.2 Å². The lowest BCUT2D eigenvalue weighted by Crippen LogP contribution is -2.10. The van der Waals surface area contributed by atoms with E-state index in [1.807, 2.05) is 13.8 Å². The molecule has 0 bridgehead atoms. The highest BCUT2D eigenvalue weighted by molar-refractivity contribution is 6.15. The summed E-state index contributed by atoms with van der Waals surface area (Å²) in [6.45, 7) is 7.90. The lowest BCUT2D eigenvalue weighted by Gasteiger charge is -2.08. The second-order valence-corrected chi connectivity index (χ2v) is 3.98. The van der Waals surface area contributed by atoms with Crippen LogP contribution in [0.3, 0.4) is 0 Å². The maximum atomic E-state index is 12.7. The van der Waals surface area contributed by atoms with Crippen LogP contribution in [0.1, 0.15) is 19.4 Å². The third kappa shape index (κ3) is 3.50. The van der Waals surface area contributed by atoms with Crippen LogP contribution in [0.15, 0.2) is 30.8 Å². The highest BCUT2D eigenvalue weighted by atomic mass is 19.1. The fourth-order valence-electron chi connectivity index (χ4n) is 1.10. The van der Waals surface area contributed by atoms with E-state index in [1.165, 1.54) is 24.3 Å². The Morgan fingerprint density at radius 2 is 1.94 bits per heavy atom. The van der Waals surface area contributed by atoms with Crippen LogP contribution in [0.2, 0.25) is 0 Å². The Balaban J connectivity index is 2.64. The first kappa shape index (κ1) is 12.4. The zero-order chi connectivity index (χ0) is 12.1. The summed E-state index contributed by atoms with van der Waals surface area (Å²) in [5, 5.41) is 0. The molecule has 0 radical (unpaired) electrons. The second kappa shape index (κ2) is 5.45. The van der Waals surface area contributed by atoms with Crippen LogP contribution in [0, 0.1) is 11.7 Å². The number of benzene rings is 1. The van der Waals surface area contributed by atoms with E-state index in [4.69, 9.17) is 4.74 Å². The van der Waals surface area contributed by atoms with Crippen LogP contribution < -0.4 is 0 Å². The van der Waals surface area contributed by atoms with Crippen molar-refractivity contribution in [2.75, 3.05) is 6.61 Å². The standard InChI is InChI=1S/C13H15FO2/c1-9(2)8-16-13(15)10(3)11-4-6-12(14)7-5-11/h4-7,9H,3,8H2,1-2H3. The molecule has 0 aromatic heterocycles. The molecule has 1 rings (SSSR count). The van der Waals surface area contributed by atoms with Gasteiger partial charge < -0.3 is 4.74 Å². The smallest absolute Gasteiger partial charge is 0.338 e. The van der Waals surface area contributed by atoms with Crippen LogP contribution in [0.5, 0.6) is 0 Å². The molecule has 1 aromatic rings. The van der Waals surface area contributed by atoms with E-state index in [1.54, 1.807) is 0 Å². The molecule has 2 nitrogen and oxygen atoms in total. The molecule has 1 aromatic carbocycles. The molecular weight excluding hydrogens is 207 g/mol.